The topological polar surface area (TPSA) is 17.1 Å². The normalized spacial score (nSPS) is 13.4. The van der Waals surface area contributed by atoms with E-state index in [1.165, 1.54) is 0 Å². The van der Waals surface area contributed by atoms with Crippen molar-refractivity contribution in [2.45, 2.75) is 37.5 Å². The number of ketones is 1. The van der Waals surface area contributed by atoms with Gasteiger partial charge < -0.3 is 0 Å². The molecule has 0 aromatic heterocycles. The summed E-state index contributed by atoms with van der Waals surface area (Å²) in [5.41, 5.74) is -8.67. The first-order valence-corrected chi connectivity index (χ1v) is 8.36. The van der Waals surface area contributed by atoms with E-state index in [4.69, 9.17) is 0 Å². The second kappa shape index (κ2) is 8.32. The van der Waals surface area contributed by atoms with Crippen molar-refractivity contribution in [3.8, 4) is 0 Å². The highest BCUT2D eigenvalue weighted by Crippen LogP contribution is 2.39. The van der Waals surface area contributed by atoms with Crippen LogP contribution in [0.5, 0.6) is 0 Å². The van der Waals surface area contributed by atoms with Crippen molar-refractivity contribution in [2.24, 2.45) is 0 Å². The standard InChI is InChI=1S/C19H10F12O/c20-16(21,22)11-1-3-14(18(26,27)28)9(5-11)7-13(32)8-10-6-12(17(23,24)25)2-4-15(10)19(29,30)31/h1-6H,7-8H2. The fraction of sp³-hybridized carbons (Fsp3) is 0.316. The van der Waals surface area contributed by atoms with E-state index in [9.17, 15) is 57.5 Å². The second-order valence-electron chi connectivity index (χ2n) is 6.63. The van der Waals surface area contributed by atoms with Gasteiger partial charge in [0, 0.05) is 12.8 Å². The Hall–Kier alpha value is -2.73. The zero-order chi connectivity index (χ0) is 24.7. The van der Waals surface area contributed by atoms with Crippen molar-refractivity contribution in [3.63, 3.8) is 0 Å². The van der Waals surface area contributed by atoms with Crippen LogP contribution in [0, 0.1) is 0 Å². The highest BCUT2D eigenvalue weighted by molar-refractivity contribution is 5.84. The van der Waals surface area contributed by atoms with Crippen LogP contribution in [0.2, 0.25) is 0 Å². The third-order valence-corrected chi connectivity index (χ3v) is 4.25. The minimum atomic E-state index is -5.19. The molecule has 0 aliphatic carbocycles. The van der Waals surface area contributed by atoms with E-state index in [0.717, 1.165) is 0 Å². The summed E-state index contributed by atoms with van der Waals surface area (Å²) in [6.45, 7) is 0. The first kappa shape index (κ1) is 25.5. The highest BCUT2D eigenvalue weighted by Gasteiger charge is 2.39. The summed E-state index contributed by atoms with van der Waals surface area (Å²) >= 11 is 0. The zero-order valence-corrected chi connectivity index (χ0v) is 15.3. The summed E-state index contributed by atoms with van der Waals surface area (Å²) < 4.78 is 155. The Kier molecular flexibility index (Phi) is 6.64. The van der Waals surface area contributed by atoms with Gasteiger partial charge in [-0.15, -0.1) is 0 Å². The molecule has 0 fully saturated rings. The molecule has 0 aliphatic rings. The van der Waals surface area contributed by atoms with E-state index < -0.39 is 76.7 Å². The van der Waals surface area contributed by atoms with Gasteiger partial charge in [0.1, 0.15) is 5.78 Å². The minimum absolute atomic E-state index is 0.0253. The van der Waals surface area contributed by atoms with Gasteiger partial charge in [-0.2, -0.15) is 52.7 Å². The van der Waals surface area contributed by atoms with Crippen molar-refractivity contribution >= 4 is 5.78 Å². The lowest BCUT2D eigenvalue weighted by atomic mass is 9.93. The number of hydrogen-bond donors (Lipinski definition) is 0. The molecular weight excluding hydrogens is 472 g/mol. The average molecular weight is 482 g/mol. The van der Waals surface area contributed by atoms with Crippen LogP contribution in [-0.4, -0.2) is 5.78 Å². The van der Waals surface area contributed by atoms with Gasteiger partial charge >= 0.3 is 24.7 Å². The summed E-state index contributed by atoms with van der Waals surface area (Å²) in [5, 5.41) is 0. The van der Waals surface area contributed by atoms with E-state index in [-0.39, 0.29) is 36.4 Å². The monoisotopic (exact) mass is 482 g/mol. The van der Waals surface area contributed by atoms with Gasteiger partial charge in [-0.05, 0) is 47.5 Å². The Bertz CT molecular complexity index is 914. The maximum absolute atomic E-state index is 13.1. The number of benzene rings is 2. The first-order valence-electron chi connectivity index (χ1n) is 8.36. The zero-order valence-electron chi connectivity index (χ0n) is 15.3. The average Bonchev–Trinajstić information content (AvgIpc) is 2.58. The Morgan fingerprint density at radius 1 is 0.531 bits per heavy atom. The molecule has 0 aliphatic heterocycles. The van der Waals surface area contributed by atoms with Crippen LogP contribution in [0.3, 0.4) is 0 Å². The summed E-state index contributed by atoms with van der Waals surface area (Å²) in [5.74, 6) is -1.44. The van der Waals surface area contributed by atoms with Crippen molar-refractivity contribution in [1.82, 2.24) is 0 Å². The summed E-state index contributed by atoms with van der Waals surface area (Å²) in [6.07, 6.45) is -23.3. The molecule has 0 atom stereocenters. The lowest BCUT2D eigenvalue weighted by molar-refractivity contribution is -0.142. The number of carbonyl (C=O) groups excluding carboxylic acids is 1. The van der Waals surface area contributed by atoms with Crippen LogP contribution in [0.15, 0.2) is 36.4 Å². The van der Waals surface area contributed by atoms with Crippen LogP contribution in [0.1, 0.15) is 33.4 Å². The Morgan fingerprint density at radius 3 is 1.09 bits per heavy atom. The molecule has 13 heteroatoms. The number of carbonyl (C=O) groups is 1. The van der Waals surface area contributed by atoms with E-state index >= 15 is 0 Å². The van der Waals surface area contributed by atoms with Crippen molar-refractivity contribution in [3.05, 3.63) is 69.8 Å². The maximum atomic E-state index is 13.1. The molecule has 0 bridgehead atoms. The van der Waals surface area contributed by atoms with Gasteiger partial charge in [0.2, 0.25) is 0 Å². The van der Waals surface area contributed by atoms with Gasteiger partial charge in [0.05, 0.1) is 22.3 Å². The number of alkyl halides is 12. The molecule has 0 saturated heterocycles. The van der Waals surface area contributed by atoms with Gasteiger partial charge in [-0.25, -0.2) is 0 Å². The van der Waals surface area contributed by atoms with Crippen LogP contribution in [-0.2, 0) is 42.3 Å². The maximum Gasteiger partial charge on any atom is 0.416 e. The fourth-order valence-corrected chi connectivity index (χ4v) is 2.87. The van der Waals surface area contributed by atoms with Gasteiger partial charge in [-0.3, -0.25) is 4.79 Å². The summed E-state index contributed by atoms with van der Waals surface area (Å²) in [6, 6.07) is 0.416. The van der Waals surface area contributed by atoms with Gasteiger partial charge in [0.15, 0.2) is 0 Å². The molecule has 0 amide bonds. The third-order valence-electron chi connectivity index (χ3n) is 4.25. The lowest BCUT2D eigenvalue weighted by Crippen LogP contribution is -2.18. The van der Waals surface area contributed by atoms with Crippen LogP contribution < -0.4 is 0 Å². The fourth-order valence-electron chi connectivity index (χ4n) is 2.87. The molecule has 32 heavy (non-hydrogen) atoms. The Balaban J connectivity index is 2.47. The Labute approximate surface area is 171 Å². The highest BCUT2D eigenvalue weighted by atomic mass is 19.4. The van der Waals surface area contributed by atoms with Crippen molar-refractivity contribution < 1.29 is 57.5 Å². The number of Topliss-reactive ketones (excluding diaryl/α,β-unsaturated/α-hetero) is 1. The van der Waals surface area contributed by atoms with Crippen LogP contribution in [0.4, 0.5) is 52.7 Å². The Morgan fingerprint density at radius 2 is 0.844 bits per heavy atom. The molecular formula is C19H10F12O. The number of rotatable bonds is 4. The minimum Gasteiger partial charge on any atom is -0.299 e. The molecule has 2 aromatic rings. The predicted molar refractivity (Wildman–Crippen MR) is 85.3 cm³/mol. The van der Waals surface area contributed by atoms with E-state index in [1.54, 1.807) is 0 Å². The smallest absolute Gasteiger partial charge is 0.299 e. The molecule has 2 aromatic carbocycles. The molecule has 0 N–H and O–H groups in total. The van der Waals surface area contributed by atoms with E-state index in [2.05, 4.69) is 0 Å². The van der Waals surface area contributed by atoms with E-state index in [0.29, 0.717) is 0 Å². The molecule has 0 spiro atoms. The number of hydrogen-bond acceptors (Lipinski definition) is 1. The summed E-state index contributed by atoms with van der Waals surface area (Å²) in [7, 11) is 0. The van der Waals surface area contributed by atoms with Crippen LogP contribution in [0.25, 0.3) is 0 Å². The second-order valence-corrected chi connectivity index (χ2v) is 6.63. The molecule has 0 radical (unpaired) electrons. The SMILES string of the molecule is O=C(Cc1cc(C(F)(F)F)ccc1C(F)(F)F)Cc1cc(C(F)(F)F)ccc1C(F)(F)F. The molecule has 176 valence electrons. The largest absolute Gasteiger partial charge is 0.416 e. The van der Waals surface area contributed by atoms with Crippen molar-refractivity contribution in [1.29, 1.82) is 0 Å². The lowest BCUT2D eigenvalue weighted by Gasteiger charge is -2.17. The van der Waals surface area contributed by atoms with Crippen LogP contribution >= 0.6 is 0 Å². The first-order chi connectivity index (χ1) is 14.3. The van der Waals surface area contributed by atoms with Gasteiger partial charge in [0.25, 0.3) is 0 Å². The molecule has 0 unspecified atom stereocenters. The van der Waals surface area contributed by atoms with Gasteiger partial charge in [-0.1, -0.05) is 0 Å². The number of halogens is 12. The molecule has 2 rings (SSSR count). The third kappa shape index (κ3) is 6.16. The van der Waals surface area contributed by atoms with Crippen molar-refractivity contribution in [2.75, 3.05) is 0 Å². The molecule has 1 nitrogen and oxygen atoms in total. The van der Waals surface area contributed by atoms with E-state index in [1.807, 2.05) is 0 Å². The molecule has 0 heterocycles. The quantitative estimate of drug-likeness (QED) is 0.425. The summed E-state index contributed by atoms with van der Waals surface area (Å²) in [4.78, 5) is 12.2. The molecule has 0 saturated carbocycles. The predicted octanol–water partition coefficient (Wildman–Crippen LogP) is 7.12.